The zero-order chi connectivity index (χ0) is 21.3. The van der Waals surface area contributed by atoms with E-state index in [0.717, 1.165) is 21.3 Å². The fourth-order valence-electron chi connectivity index (χ4n) is 3.32. The first-order valence-electron chi connectivity index (χ1n) is 9.57. The number of ether oxygens (including phenoxy) is 3. The van der Waals surface area contributed by atoms with Crippen molar-refractivity contribution in [2.45, 2.75) is 19.9 Å². The number of carbonyl (C=O) groups is 1. The minimum absolute atomic E-state index is 0.263. The van der Waals surface area contributed by atoms with Gasteiger partial charge < -0.3 is 19.5 Å². The third kappa shape index (κ3) is 4.00. The van der Waals surface area contributed by atoms with Crippen LogP contribution in [0.5, 0.6) is 17.2 Å². The Kier molecular flexibility index (Phi) is 5.67. The van der Waals surface area contributed by atoms with E-state index < -0.39 is 0 Å². The normalized spacial score (nSPS) is 13.6. The second-order valence-electron chi connectivity index (χ2n) is 7.03. The third-order valence-corrected chi connectivity index (χ3v) is 5.57. The maximum atomic E-state index is 12.8. The average Bonchev–Trinajstić information content (AvgIpc) is 3.23. The van der Waals surface area contributed by atoms with Gasteiger partial charge in [-0.25, -0.2) is 4.68 Å². The summed E-state index contributed by atoms with van der Waals surface area (Å²) in [5.74, 6) is 1.79. The van der Waals surface area contributed by atoms with Crippen molar-refractivity contribution in [2.24, 2.45) is 0 Å². The minimum Gasteiger partial charge on any atom is -0.494 e. The Hall–Kier alpha value is -3.00. The molecule has 1 N–H and O–H groups in total. The lowest BCUT2D eigenvalue weighted by Gasteiger charge is -2.22. The molecule has 1 unspecified atom stereocenters. The predicted molar refractivity (Wildman–Crippen MR) is 116 cm³/mol. The molecule has 0 saturated carbocycles. The van der Waals surface area contributed by atoms with Gasteiger partial charge in [0.05, 0.1) is 13.2 Å². The van der Waals surface area contributed by atoms with Gasteiger partial charge in [-0.05, 0) is 55.3 Å². The molecule has 156 valence electrons. The van der Waals surface area contributed by atoms with E-state index in [4.69, 9.17) is 14.2 Å². The smallest absolute Gasteiger partial charge is 0.272 e. The third-order valence-electron chi connectivity index (χ3n) is 4.88. The van der Waals surface area contributed by atoms with Gasteiger partial charge in [0.1, 0.15) is 24.7 Å². The highest BCUT2D eigenvalue weighted by molar-refractivity contribution is 9.10. The van der Waals surface area contributed by atoms with Gasteiger partial charge in [0, 0.05) is 10.7 Å². The van der Waals surface area contributed by atoms with Crippen LogP contribution in [0.4, 0.5) is 0 Å². The summed E-state index contributed by atoms with van der Waals surface area (Å²) in [5, 5.41) is 7.43. The van der Waals surface area contributed by atoms with Crippen molar-refractivity contribution >= 4 is 21.8 Å². The van der Waals surface area contributed by atoms with Crippen LogP contribution in [0.2, 0.25) is 0 Å². The molecule has 1 aromatic heterocycles. The second-order valence-corrected chi connectivity index (χ2v) is 7.89. The number of halogens is 1. The molecule has 0 aliphatic carbocycles. The molecule has 2 heterocycles. The number of carbonyl (C=O) groups excluding carboxylic acids is 1. The molecule has 3 aromatic rings. The summed E-state index contributed by atoms with van der Waals surface area (Å²) in [7, 11) is 1.61. The van der Waals surface area contributed by atoms with Crippen LogP contribution >= 0.6 is 15.9 Å². The standard InChI is InChI=1S/C22H22BrN3O4/c1-13-4-5-19(28-3)18(10-13)26-7-6-17(25-26)22(27)24-14(2)15-11-20-21(12-16(15)23)30-9-8-29-20/h4-7,10-12,14H,8-9H2,1-3H3,(H,24,27). The van der Waals surface area contributed by atoms with Gasteiger partial charge in [-0.2, -0.15) is 5.10 Å². The van der Waals surface area contributed by atoms with E-state index in [1.165, 1.54) is 0 Å². The van der Waals surface area contributed by atoms with Crippen LogP contribution in [0.1, 0.15) is 34.6 Å². The number of rotatable bonds is 5. The molecule has 1 atom stereocenters. The Morgan fingerprint density at radius 1 is 1.20 bits per heavy atom. The van der Waals surface area contributed by atoms with E-state index in [-0.39, 0.29) is 11.9 Å². The SMILES string of the molecule is COc1ccc(C)cc1-n1ccc(C(=O)NC(C)c2cc3c(cc2Br)OCCO3)n1. The molecule has 0 fully saturated rings. The van der Waals surface area contributed by atoms with Crippen LogP contribution in [0, 0.1) is 6.92 Å². The van der Waals surface area contributed by atoms with Gasteiger partial charge in [-0.3, -0.25) is 4.79 Å². The topological polar surface area (TPSA) is 74.6 Å². The molecule has 7 nitrogen and oxygen atoms in total. The lowest BCUT2D eigenvalue weighted by atomic mass is 10.1. The lowest BCUT2D eigenvalue weighted by Crippen LogP contribution is -2.27. The van der Waals surface area contributed by atoms with Crippen molar-refractivity contribution in [2.75, 3.05) is 20.3 Å². The fourth-order valence-corrected chi connectivity index (χ4v) is 3.98. The number of aryl methyl sites for hydroxylation is 1. The number of fused-ring (bicyclic) bond motifs is 1. The molecule has 1 aliphatic rings. The lowest BCUT2D eigenvalue weighted by molar-refractivity contribution is 0.0934. The summed E-state index contributed by atoms with van der Waals surface area (Å²) in [4.78, 5) is 12.8. The summed E-state index contributed by atoms with van der Waals surface area (Å²) in [6, 6.07) is 11.0. The summed E-state index contributed by atoms with van der Waals surface area (Å²) < 4.78 is 19.2. The highest BCUT2D eigenvalue weighted by Gasteiger charge is 2.21. The average molecular weight is 472 g/mol. The van der Waals surface area contributed by atoms with Crippen molar-refractivity contribution in [3.63, 3.8) is 0 Å². The van der Waals surface area contributed by atoms with Gasteiger partial charge in [0.25, 0.3) is 5.91 Å². The first-order valence-corrected chi connectivity index (χ1v) is 10.4. The summed E-state index contributed by atoms with van der Waals surface area (Å²) >= 11 is 3.56. The zero-order valence-electron chi connectivity index (χ0n) is 16.9. The fraction of sp³-hybridized carbons (Fsp3) is 0.273. The van der Waals surface area contributed by atoms with Crippen molar-refractivity contribution in [1.82, 2.24) is 15.1 Å². The first kappa shape index (κ1) is 20.3. The van der Waals surface area contributed by atoms with Gasteiger partial charge in [0.2, 0.25) is 0 Å². The van der Waals surface area contributed by atoms with Crippen LogP contribution in [-0.4, -0.2) is 36.0 Å². The molecule has 1 amide bonds. The second kappa shape index (κ2) is 8.39. The van der Waals surface area contributed by atoms with Crippen LogP contribution in [0.15, 0.2) is 47.1 Å². The molecule has 4 rings (SSSR count). The predicted octanol–water partition coefficient (Wildman–Crippen LogP) is 4.21. The van der Waals surface area contributed by atoms with Crippen LogP contribution in [0.3, 0.4) is 0 Å². The van der Waals surface area contributed by atoms with E-state index in [0.29, 0.717) is 36.2 Å². The van der Waals surface area contributed by atoms with E-state index in [9.17, 15) is 4.79 Å². The maximum Gasteiger partial charge on any atom is 0.272 e. The zero-order valence-corrected chi connectivity index (χ0v) is 18.5. The Bertz CT molecular complexity index is 1100. The maximum absolute atomic E-state index is 12.8. The molecule has 30 heavy (non-hydrogen) atoms. The monoisotopic (exact) mass is 471 g/mol. The number of nitrogens with zero attached hydrogens (tertiary/aromatic N) is 2. The number of nitrogens with one attached hydrogen (secondary N) is 1. The Labute approximate surface area is 183 Å². The summed E-state index contributed by atoms with van der Waals surface area (Å²) in [6.07, 6.45) is 1.75. The molecule has 1 aliphatic heterocycles. The summed E-state index contributed by atoms with van der Waals surface area (Å²) in [6.45, 7) is 4.94. The van der Waals surface area contributed by atoms with Gasteiger partial charge in [0.15, 0.2) is 17.2 Å². The van der Waals surface area contributed by atoms with E-state index >= 15 is 0 Å². The number of hydrogen-bond acceptors (Lipinski definition) is 5. The molecule has 0 spiro atoms. The van der Waals surface area contributed by atoms with Crippen LogP contribution < -0.4 is 19.5 Å². The molecule has 0 saturated heterocycles. The van der Waals surface area contributed by atoms with Crippen molar-refractivity contribution in [3.8, 4) is 22.9 Å². The Morgan fingerprint density at radius 3 is 2.67 bits per heavy atom. The highest BCUT2D eigenvalue weighted by Crippen LogP contribution is 2.37. The molecule has 8 heteroatoms. The highest BCUT2D eigenvalue weighted by atomic mass is 79.9. The van der Waals surface area contributed by atoms with Crippen LogP contribution in [0.25, 0.3) is 5.69 Å². The molecular formula is C22H22BrN3O4. The van der Waals surface area contributed by atoms with Crippen LogP contribution in [-0.2, 0) is 0 Å². The first-order chi connectivity index (χ1) is 14.5. The van der Waals surface area contributed by atoms with Gasteiger partial charge in [-0.15, -0.1) is 0 Å². The molecule has 2 aromatic carbocycles. The van der Waals surface area contributed by atoms with E-state index in [1.54, 1.807) is 24.1 Å². The Balaban J connectivity index is 1.53. The number of benzene rings is 2. The van der Waals surface area contributed by atoms with E-state index in [2.05, 4.69) is 26.3 Å². The van der Waals surface area contributed by atoms with Crippen molar-refractivity contribution in [3.05, 3.63) is 63.9 Å². The molecule has 0 bridgehead atoms. The molecular weight excluding hydrogens is 450 g/mol. The van der Waals surface area contributed by atoms with Crippen molar-refractivity contribution < 1.29 is 19.0 Å². The molecule has 0 radical (unpaired) electrons. The largest absolute Gasteiger partial charge is 0.494 e. The minimum atomic E-state index is -0.269. The van der Waals surface area contributed by atoms with Gasteiger partial charge in [-0.1, -0.05) is 22.0 Å². The number of hydrogen-bond donors (Lipinski definition) is 1. The Morgan fingerprint density at radius 2 is 1.93 bits per heavy atom. The quantitative estimate of drug-likeness (QED) is 0.602. The number of methoxy groups -OCH3 is 1. The summed E-state index contributed by atoms with van der Waals surface area (Å²) in [5.41, 5.74) is 3.06. The number of amides is 1. The van der Waals surface area contributed by atoms with Crippen molar-refractivity contribution in [1.29, 1.82) is 0 Å². The van der Waals surface area contributed by atoms with E-state index in [1.807, 2.05) is 44.2 Å². The van der Waals surface area contributed by atoms with Gasteiger partial charge >= 0.3 is 0 Å². The number of aromatic nitrogens is 2.